The van der Waals surface area contributed by atoms with E-state index >= 15 is 0 Å². The van der Waals surface area contributed by atoms with Gasteiger partial charge in [0.25, 0.3) is 0 Å². The Labute approximate surface area is 128 Å². The maximum Gasteiger partial charge on any atom is 0.220 e. The molecule has 1 amide bonds. The van der Waals surface area contributed by atoms with Crippen molar-refractivity contribution >= 4 is 5.91 Å². The van der Waals surface area contributed by atoms with Crippen LogP contribution >= 0.6 is 0 Å². The molecule has 0 saturated heterocycles. The van der Waals surface area contributed by atoms with E-state index < -0.39 is 0 Å². The highest BCUT2D eigenvalue weighted by atomic mass is 16.1. The topological polar surface area (TPSA) is 41.1 Å². The molecular formula is C18H28N2O. The minimum Gasteiger partial charge on any atom is -0.353 e. The van der Waals surface area contributed by atoms with Crippen LogP contribution in [0.5, 0.6) is 0 Å². The molecule has 116 valence electrons. The van der Waals surface area contributed by atoms with Gasteiger partial charge in [0.1, 0.15) is 0 Å². The van der Waals surface area contributed by atoms with Crippen LogP contribution in [0.3, 0.4) is 0 Å². The highest BCUT2D eigenvalue weighted by molar-refractivity contribution is 5.76. The smallest absolute Gasteiger partial charge is 0.220 e. The molecule has 1 fully saturated rings. The van der Waals surface area contributed by atoms with Crippen LogP contribution in [0.25, 0.3) is 0 Å². The van der Waals surface area contributed by atoms with Crippen LogP contribution in [0.1, 0.15) is 50.7 Å². The van der Waals surface area contributed by atoms with Crippen molar-refractivity contribution in [1.29, 1.82) is 0 Å². The third-order valence-electron chi connectivity index (χ3n) is 3.70. The van der Waals surface area contributed by atoms with Gasteiger partial charge in [0.2, 0.25) is 5.91 Å². The fourth-order valence-corrected chi connectivity index (χ4v) is 2.40. The number of nitrogens with one attached hydrogen (secondary N) is 2. The molecule has 1 aromatic rings. The third kappa shape index (κ3) is 6.76. The average molecular weight is 288 g/mol. The molecule has 0 radical (unpaired) electrons. The quantitative estimate of drug-likeness (QED) is 0.686. The number of carbonyl (C=O) groups excluding carboxylic acids is 1. The zero-order chi connectivity index (χ0) is 15.1. The SMILES string of the molecule is CC(C)Cc1ccc(CNCCCC(=O)NC2CC2)cc1. The Bertz CT molecular complexity index is 435. The van der Waals surface area contributed by atoms with Crippen LogP contribution < -0.4 is 10.6 Å². The molecule has 0 heterocycles. The molecule has 0 atom stereocenters. The van der Waals surface area contributed by atoms with Crippen molar-refractivity contribution in [2.24, 2.45) is 5.92 Å². The molecule has 0 spiro atoms. The van der Waals surface area contributed by atoms with E-state index in [1.54, 1.807) is 0 Å². The third-order valence-corrected chi connectivity index (χ3v) is 3.70. The molecule has 1 aliphatic rings. The van der Waals surface area contributed by atoms with E-state index in [2.05, 4.69) is 48.7 Å². The van der Waals surface area contributed by atoms with Crippen LogP contribution in [0, 0.1) is 5.92 Å². The van der Waals surface area contributed by atoms with Crippen LogP contribution in [-0.2, 0) is 17.8 Å². The molecule has 0 unspecified atom stereocenters. The lowest BCUT2D eigenvalue weighted by Crippen LogP contribution is -2.26. The number of carbonyl (C=O) groups is 1. The van der Waals surface area contributed by atoms with E-state index in [0.717, 1.165) is 38.8 Å². The Hall–Kier alpha value is -1.35. The molecule has 0 aliphatic heterocycles. The Morgan fingerprint density at radius 2 is 1.86 bits per heavy atom. The van der Waals surface area contributed by atoms with E-state index in [4.69, 9.17) is 0 Å². The van der Waals surface area contributed by atoms with E-state index in [-0.39, 0.29) is 5.91 Å². The van der Waals surface area contributed by atoms with Gasteiger partial charge in [-0.1, -0.05) is 38.1 Å². The molecule has 3 nitrogen and oxygen atoms in total. The Morgan fingerprint density at radius 3 is 2.48 bits per heavy atom. The number of rotatable bonds is 9. The predicted octanol–water partition coefficient (Wildman–Crippen LogP) is 3.03. The van der Waals surface area contributed by atoms with E-state index in [0.29, 0.717) is 18.4 Å². The van der Waals surface area contributed by atoms with Crippen molar-refractivity contribution in [3.63, 3.8) is 0 Å². The summed E-state index contributed by atoms with van der Waals surface area (Å²) in [6.07, 6.45) is 5.01. The number of amides is 1. The summed E-state index contributed by atoms with van der Waals surface area (Å²) in [5.41, 5.74) is 2.72. The Kier molecular flexibility index (Phi) is 6.24. The van der Waals surface area contributed by atoms with E-state index in [9.17, 15) is 4.79 Å². The number of benzene rings is 1. The van der Waals surface area contributed by atoms with Gasteiger partial charge in [-0.3, -0.25) is 4.79 Å². The number of hydrogen-bond donors (Lipinski definition) is 2. The molecular weight excluding hydrogens is 260 g/mol. The predicted molar refractivity (Wildman–Crippen MR) is 87.1 cm³/mol. The van der Waals surface area contributed by atoms with Gasteiger partial charge >= 0.3 is 0 Å². The molecule has 0 aromatic heterocycles. The lowest BCUT2D eigenvalue weighted by atomic mass is 10.0. The summed E-state index contributed by atoms with van der Waals surface area (Å²) in [6.45, 7) is 6.27. The molecule has 2 N–H and O–H groups in total. The van der Waals surface area contributed by atoms with Gasteiger partial charge in [-0.25, -0.2) is 0 Å². The minimum absolute atomic E-state index is 0.206. The average Bonchev–Trinajstić information content (AvgIpc) is 3.23. The standard InChI is InChI=1S/C18H28N2O/c1-14(2)12-15-5-7-16(8-6-15)13-19-11-3-4-18(21)20-17-9-10-17/h5-8,14,17,19H,3-4,9-13H2,1-2H3,(H,20,21). The van der Waals surface area contributed by atoms with E-state index in [1.165, 1.54) is 11.1 Å². The van der Waals surface area contributed by atoms with Crippen molar-refractivity contribution in [2.75, 3.05) is 6.54 Å². The zero-order valence-electron chi connectivity index (χ0n) is 13.3. The zero-order valence-corrected chi connectivity index (χ0v) is 13.3. The van der Waals surface area contributed by atoms with Crippen molar-refractivity contribution in [3.05, 3.63) is 35.4 Å². The van der Waals surface area contributed by atoms with Gasteiger partial charge < -0.3 is 10.6 Å². The second-order valence-electron chi connectivity index (χ2n) is 6.54. The summed E-state index contributed by atoms with van der Waals surface area (Å²) in [7, 11) is 0. The lowest BCUT2D eigenvalue weighted by Gasteiger charge is -2.08. The molecule has 1 saturated carbocycles. The fourth-order valence-electron chi connectivity index (χ4n) is 2.40. The molecule has 2 rings (SSSR count). The summed E-state index contributed by atoms with van der Waals surface area (Å²) < 4.78 is 0. The van der Waals surface area contributed by atoms with Crippen molar-refractivity contribution < 1.29 is 4.79 Å². The first-order valence-electron chi connectivity index (χ1n) is 8.21. The van der Waals surface area contributed by atoms with Crippen molar-refractivity contribution in [3.8, 4) is 0 Å². The second kappa shape index (κ2) is 8.18. The fraction of sp³-hybridized carbons (Fsp3) is 0.611. The second-order valence-corrected chi connectivity index (χ2v) is 6.54. The van der Waals surface area contributed by atoms with Crippen molar-refractivity contribution in [2.45, 2.75) is 58.5 Å². The largest absolute Gasteiger partial charge is 0.353 e. The summed E-state index contributed by atoms with van der Waals surface area (Å²) in [4.78, 5) is 11.5. The maximum atomic E-state index is 11.5. The van der Waals surface area contributed by atoms with Crippen LogP contribution in [0.4, 0.5) is 0 Å². The minimum atomic E-state index is 0.206. The van der Waals surface area contributed by atoms with Crippen molar-refractivity contribution in [1.82, 2.24) is 10.6 Å². The van der Waals surface area contributed by atoms with Gasteiger partial charge in [-0.2, -0.15) is 0 Å². The summed E-state index contributed by atoms with van der Waals surface area (Å²) in [5, 5.41) is 6.42. The number of hydrogen-bond acceptors (Lipinski definition) is 2. The van der Waals surface area contributed by atoms with Gasteiger partial charge in [0.15, 0.2) is 0 Å². The lowest BCUT2D eigenvalue weighted by molar-refractivity contribution is -0.121. The van der Waals surface area contributed by atoms with Gasteiger partial charge in [-0.15, -0.1) is 0 Å². The molecule has 1 aliphatic carbocycles. The first kappa shape index (κ1) is 16.0. The Balaban J connectivity index is 1.56. The highest BCUT2D eigenvalue weighted by Crippen LogP contribution is 2.18. The first-order valence-corrected chi connectivity index (χ1v) is 8.21. The normalized spacial score (nSPS) is 14.4. The Morgan fingerprint density at radius 1 is 1.19 bits per heavy atom. The van der Waals surface area contributed by atoms with E-state index in [1.807, 2.05) is 0 Å². The molecule has 1 aromatic carbocycles. The summed E-state index contributed by atoms with van der Waals surface area (Å²) in [6, 6.07) is 9.32. The molecule has 0 bridgehead atoms. The maximum absolute atomic E-state index is 11.5. The van der Waals surface area contributed by atoms with Crippen LogP contribution in [-0.4, -0.2) is 18.5 Å². The summed E-state index contributed by atoms with van der Waals surface area (Å²) in [5.74, 6) is 0.910. The van der Waals surface area contributed by atoms with Crippen LogP contribution in [0.2, 0.25) is 0 Å². The van der Waals surface area contributed by atoms with Gasteiger partial charge in [-0.05, 0) is 49.3 Å². The molecule has 3 heteroatoms. The van der Waals surface area contributed by atoms with Gasteiger partial charge in [0.05, 0.1) is 0 Å². The van der Waals surface area contributed by atoms with Gasteiger partial charge in [0, 0.05) is 19.0 Å². The molecule has 21 heavy (non-hydrogen) atoms. The summed E-state index contributed by atoms with van der Waals surface area (Å²) >= 11 is 0. The first-order chi connectivity index (χ1) is 10.1. The monoisotopic (exact) mass is 288 g/mol. The van der Waals surface area contributed by atoms with Crippen LogP contribution in [0.15, 0.2) is 24.3 Å². The highest BCUT2D eigenvalue weighted by Gasteiger charge is 2.22.